The first kappa shape index (κ1) is 20.7. The molecule has 0 aliphatic rings. The normalized spacial score (nSPS) is 11.3. The average molecular weight is 413 g/mol. The van der Waals surface area contributed by atoms with Crippen molar-refractivity contribution >= 4 is 17.6 Å². The van der Waals surface area contributed by atoms with E-state index in [1.165, 1.54) is 0 Å². The number of hydrogen-bond donors (Lipinski definition) is 2. The van der Waals surface area contributed by atoms with Gasteiger partial charge in [0.1, 0.15) is 17.9 Å². The first-order valence-corrected chi connectivity index (χ1v) is 9.85. The number of aromatic nitrogens is 3. The van der Waals surface area contributed by atoms with E-state index in [0.717, 1.165) is 48.2 Å². The van der Waals surface area contributed by atoms with Crippen molar-refractivity contribution in [2.45, 2.75) is 19.9 Å². The lowest BCUT2D eigenvalue weighted by atomic mass is 10.1. The van der Waals surface area contributed by atoms with Crippen LogP contribution in [0.2, 0.25) is 5.02 Å². The third-order valence-corrected chi connectivity index (χ3v) is 4.64. The highest BCUT2D eigenvalue weighted by atomic mass is 35.5. The van der Waals surface area contributed by atoms with Gasteiger partial charge in [-0.05, 0) is 42.7 Å². The van der Waals surface area contributed by atoms with Crippen molar-refractivity contribution in [1.82, 2.24) is 25.2 Å². The second-order valence-electron chi connectivity index (χ2n) is 6.32. The molecule has 0 bridgehead atoms. The van der Waals surface area contributed by atoms with Gasteiger partial charge in [0.15, 0.2) is 5.96 Å². The Labute approximate surface area is 175 Å². The highest BCUT2D eigenvalue weighted by Crippen LogP contribution is 2.22. The zero-order valence-corrected chi connectivity index (χ0v) is 17.4. The number of methoxy groups -OCH3 is 1. The quantitative estimate of drug-likeness (QED) is 0.439. The number of hydrogen-bond acceptors (Lipinski definition) is 4. The Kier molecular flexibility index (Phi) is 7.47. The molecule has 29 heavy (non-hydrogen) atoms. The van der Waals surface area contributed by atoms with Gasteiger partial charge >= 0.3 is 0 Å². The maximum absolute atomic E-state index is 6.31. The number of halogens is 1. The van der Waals surface area contributed by atoms with Gasteiger partial charge in [0.25, 0.3) is 0 Å². The van der Waals surface area contributed by atoms with Crippen LogP contribution in [0.4, 0.5) is 0 Å². The zero-order valence-electron chi connectivity index (χ0n) is 16.6. The van der Waals surface area contributed by atoms with Crippen LogP contribution in [0.25, 0.3) is 5.82 Å². The molecule has 152 valence electrons. The summed E-state index contributed by atoms with van der Waals surface area (Å²) < 4.78 is 7.05. The number of benzene rings is 1. The van der Waals surface area contributed by atoms with Crippen molar-refractivity contribution in [1.29, 1.82) is 0 Å². The average Bonchev–Trinajstić information content (AvgIpc) is 3.28. The monoisotopic (exact) mass is 412 g/mol. The summed E-state index contributed by atoms with van der Waals surface area (Å²) in [6.45, 7) is 4.08. The number of rotatable bonds is 8. The number of aliphatic imine (C=N–C) groups is 1. The van der Waals surface area contributed by atoms with Gasteiger partial charge in [0.05, 0.1) is 13.7 Å². The van der Waals surface area contributed by atoms with E-state index in [-0.39, 0.29) is 0 Å². The molecule has 0 saturated carbocycles. The largest absolute Gasteiger partial charge is 0.497 e. The number of nitrogens with one attached hydrogen (secondary N) is 2. The Morgan fingerprint density at radius 2 is 2.14 bits per heavy atom. The Bertz CT molecular complexity index is 925. The third-order valence-electron chi connectivity index (χ3n) is 4.29. The first-order valence-electron chi connectivity index (χ1n) is 9.47. The SMILES string of the molecule is CCNC(=NCc1ccc(-n2ccnc2)nc1)NCCc1ccc(OC)cc1Cl. The lowest BCUT2D eigenvalue weighted by Gasteiger charge is -2.12. The first-order chi connectivity index (χ1) is 14.2. The smallest absolute Gasteiger partial charge is 0.191 e. The maximum Gasteiger partial charge on any atom is 0.191 e. The minimum absolute atomic E-state index is 0.538. The predicted molar refractivity (Wildman–Crippen MR) is 116 cm³/mol. The third kappa shape index (κ3) is 5.96. The van der Waals surface area contributed by atoms with E-state index in [4.69, 9.17) is 16.3 Å². The number of pyridine rings is 1. The Hall–Kier alpha value is -3.06. The Morgan fingerprint density at radius 3 is 2.79 bits per heavy atom. The lowest BCUT2D eigenvalue weighted by molar-refractivity contribution is 0.414. The molecule has 2 heterocycles. The Balaban J connectivity index is 1.55. The van der Waals surface area contributed by atoms with Gasteiger partial charge in [-0.15, -0.1) is 0 Å². The summed E-state index contributed by atoms with van der Waals surface area (Å²) in [6, 6.07) is 9.71. The van der Waals surface area contributed by atoms with Gasteiger partial charge in [-0.1, -0.05) is 23.7 Å². The summed E-state index contributed by atoms with van der Waals surface area (Å²) in [5, 5.41) is 7.31. The molecule has 0 unspecified atom stereocenters. The summed E-state index contributed by atoms with van der Waals surface area (Å²) >= 11 is 6.31. The summed E-state index contributed by atoms with van der Waals surface area (Å²) in [4.78, 5) is 13.1. The summed E-state index contributed by atoms with van der Waals surface area (Å²) in [5.41, 5.74) is 2.10. The van der Waals surface area contributed by atoms with E-state index in [2.05, 4.69) is 25.6 Å². The molecule has 2 aromatic heterocycles. The fourth-order valence-corrected chi connectivity index (χ4v) is 3.01. The Morgan fingerprint density at radius 1 is 1.24 bits per heavy atom. The van der Waals surface area contributed by atoms with E-state index in [0.29, 0.717) is 11.6 Å². The van der Waals surface area contributed by atoms with Gasteiger partial charge in [0.2, 0.25) is 0 Å². The molecule has 0 atom stereocenters. The van der Waals surface area contributed by atoms with Crippen molar-refractivity contribution in [3.05, 3.63) is 71.4 Å². The minimum atomic E-state index is 0.538. The highest BCUT2D eigenvalue weighted by molar-refractivity contribution is 6.31. The van der Waals surface area contributed by atoms with Gasteiger partial charge in [-0.25, -0.2) is 15.0 Å². The maximum atomic E-state index is 6.31. The van der Waals surface area contributed by atoms with Crippen LogP contribution in [0.3, 0.4) is 0 Å². The molecule has 7 nitrogen and oxygen atoms in total. The molecule has 0 saturated heterocycles. The zero-order chi connectivity index (χ0) is 20.5. The molecular formula is C21H25ClN6O. The number of imidazole rings is 1. The number of ether oxygens (including phenoxy) is 1. The van der Waals surface area contributed by atoms with E-state index >= 15 is 0 Å². The molecule has 8 heteroatoms. The molecule has 1 aromatic carbocycles. The van der Waals surface area contributed by atoms with Crippen LogP contribution in [-0.4, -0.2) is 40.7 Å². The molecule has 0 aliphatic heterocycles. The van der Waals surface area contributed by atoms with Crippen LogP contribution in [0.15, 0.2) is 60.2 Å². The van der Waals surface area contributed by atoms with E-state index in [9.17, 15) is 0 Å². The van der Waals surface area contributed by atoms with Crippen LogP contribution in [0.5, 0.6) is 5.75 Å². The van der Waals surface area contributed by atoms with Gasteiger partial charge in [-0.3, -0.25) is 4.57 Å². The van der Waals surface area contributed by atoms with Crippen molar-refractivity contribution in [3.8, 4) is 11.6 Å². The molecule has 3 aromatic rings. The number of guanidine groups is 1. The molecule has 0 spiro atoms. The second kappa shape index (κ2) is 10.5. The minimum Gasteiger partial charge on any atom is -0.497 e. The summed E-state index contributed by atoms with van der Waals surface area (Å²) in [7, 11) is 1.63. The van der Waals surface area contributed by atoms with Crippen molar-refractivity contribution in [2.75, 3.05) is 20.2 Å². The molecular weight excluding hydrogens is 388 g/mol. The molecule has 0 fully saturated rings. The van der Waals surface area contributed by atoms with Crippen LogP contribution in [-0.2, 0) is 13.0 Å². The van der Waals surface area contributed by atoms with Crippen molar-refractivity contribution in [3.63, 3.8) is 0 Å². The van der Waals surface area contributed by atoms with Crippen molar-refractivity contribution < 1.29 is 4.74 Å². The number of nitrogens with zero attached hydrogens (tertiary/aromatic N) is 4. The van der Waals surface area contributed by atoms with Gasteiger partial charge in [0, 0.05) is 36.7 Å². The van der Waals surface area contributed by atoms with E-state index in [1.54, 1.807) is 19.6 Å². The fraction of sp³-hybridized carbons (Fsp3) is 0.286. The molecule has 0 aliphatic carbocycles. The topological polar surface area (TPSA) is 76.4 Å². The van der Waals surface area contributed by atoms with Gasteiger partial charge < -0.3 is 15.4 Å². The molecule has 3 rings (SSSR count). The predicted octanol–water partition coefficient (Wildman–Crippen LogP) is 3.23. The highest BCUT2D eigenvalue weighted by Gasteiger charge is 2.04. The molecule has 0 radical (unpaired) electrons. The van der Waals surface area contributed by atoms with Crippen LogP contribution in [0, 0.1) is 0 Å². The van der Waals surface area contributed by atoms with E-state index in [1.807, 2.05) is 54.2 Å². The molecule has 0 amide bonds. The van der Waals surface area contributed by atoms with Crippen LogP contribution >= 0.6 is 11.6 Å². The standard InChI is InChI=1S/C21H25ClN6O/c1-3-24-21(25-9-8-17-5-6-18(29-2)12-19(17)22)27-14-16-4-7-20(26-13-16)28-11-10-23-15-28/h4-7,10-13,15H,3,8-9,14H2,1-2H3,(H2,24,25,27). The fourth-order valence-electron chi connectivity index (χ4n) is 2.74. The summed E-state index contributed by atoms with van der Waals surface area (Å²) in [6.07, 6.45) is 7.94. The van der Waals surface area contributed by atoms with E-state index < -0.39 is 0 Å². The van der Waals surface area contributed by atoms with Gasteiger partial charge in [-0.2, -0.15) is 0 Å². The summed E-state index contributed by atoms with van der Waals surface area (Å²) in [5.74, 6) is 2.35. The second-order valence-corrected chi connectivity index (χ2v) is 6.73. The van der Waals surface area contributed by atoms with Crippen molar-refractivity contribution in [2.24, 2.45) is 4.99 Å². The molecule has 2 N–H and O–H groups in total. The van der Waals surface area contributed by atoms with Crippen LogP contribution < -0.4 is 15.4 Å². The van der Waals surface area contributed by atoms with Crippen LogP contribution in [0.1, 0.15) is 18.1 Å². The lowest BCUT2D eigenvalue weighted by Crippen LogP contribution is -2.38.